The molecule has 4 nitrogen and oxygen atoms in total. The number of allylic oxidation sites excluding steroid dienone is 3. The molecule has 4 heteroatoms. The molecular formula is C21H29NO3. The molecule has 0 aromatic heterocycles. The molecule has 0 unspecified atom stereocenters. The number of rotatable bonds is 7. The van der Waals surface area contributed by atoms with Crippen molar-refractivity contribution >= 4 is 0 Å². The van der Waals surface area contributed by atoms with Gasteiger partial charge in [-0.3, -0.25) is 0 Å². The van der Waals surface area contributed by atoms with Gasteiger partial charge < -0.3 is 20.3 Å². The first-order valence-electron chi connectivity index (χ1n) is 9.12. The topological polar surface area (TPSA) is 61.7 Å². The lowest BCUT2D eigenvalue weighted by Crippen LogP contribution is -2.32. The lowest BCUT2D eigenvalue weighted by molar-refractivity contribution is 0.0922. The second kappa shape index (κ2) is 7.73. The number of nitrogens with one attached hydrogen (secondary N) is 1. The fourth-order valence-corrected chi connectivity index (χ4v) is 3.84. The molecule has 136 valence electrons. The van der Waals surface area contributed by atoms with Gasteiger partial charge in [-0.2, -0.15) is 0 Å². The fourth-order valence-electron chi connectivity index (χ4n) is 3.84. The largest absolute Gasteiger partial charge is 0.497 e. The van der Waals surface area contributed by atoms with E-state index in [-0.39, 0.29) is 12.0 Å². The van der Waals surface area contributed by atoms with Crippen molar-refractivity contribution < 1.29 is 14.9 Å². The summed E-state index contributed by atoms with van der Waals surface area (Å²) in [6.45, 7) is 5.94. The molecule has 1 aromatic rings. The van der Waals surface area contributed by atoms with Crippen LogP contribution in [-0.4, -0.2) is 42.6 Å². The number of fused-ring (bicyclic) bond motifs is 1. The molecule has 0 heterocycles. The van der Waals surface area contributed by atoms with Gasteiger partial charge in [0.05, 0.1) is 18.5 Å². The average Bonchev–Trinajstić information content (AvgIpc) is 2.59. The van der Waals surface area contributed by atoms with E-state index in [0.717, 1.165) is 25.0 Å². The Kier molecular flexibility index (Phi) is 5.62. The Balaban J connectivity index is 1.58. The van der Waals surface area contributed by atoms with E-state index in [1.807, 2.05) is 0 Å². The summed E-state index contributed by atoms with van der Waals surface area (Å²) in [7, 11) is 0. The third kappa shape index (κ3) is 4.32. The summed E-state index contributed by atoms with van der Waals surface area (Å²) in [6.07, 6.45) is 4.52. The van der Waals surface area contributed by atoms with Crippen molar-refractivity contribution in [2.75, 3.05) is 26.3 Å². The van der Waals surface area contributed by atoms with Crippen LogP contribution in [0.25, 0.3) is 0 Å². The highest BCUT2D eigenvalue weighted by molar-refractivity contribution is 5.46. The maximum Gasteiger partial charge on any atom is 0.100 e. The first kappa shape index (κ1) is 18.2. The van der Waals surface area contributed by atoms with E-state index in [1.54, 1.807) is 5.57 Å². The van der Waals surface area contributed by atoms with Crippen LogP contribution >= 0.6 is 0 Å². The summed E-state index contributed by atoms with van der Waals surface area (Å²) < 4.78 is 5.99. The number of aliphatic hydroxyl groups excluding tert-OH is 2. The van der Waals surface area contributed by atoms with Gasteiger partial charge in [0.15, 0.2) is 0 Å². The van der Waals surface area contributed by atoms with Crippen molar-refractivity contribution in [2.45, 2.75) is 39.2 Å². The highest BCUT2D eigenvalue weighted by Crippen LogP contribution is 2.44. The molecule has 0 bridgehead atoms. The molecule has 0 amide bonds. The normalized spacial score (nSPS) is 19.8. The Morgan fingerprint density at radius 2 is 1.88 bits per heavy atom. The Morgan fingerprint density at radius 1 is 1.16 bits per heavy atom. The zero-order chi connectivity index (χ0) is 17.9. The number of benzene rings is 1. The zero-order valence-electron chi connectivity index (χ0n) is 15.2. The van der Waals surface area contributed by atoms with E-state index in [0.29, 0.717) is 19.7 Å². The third-order valence-corrected chi connectivity index (χ3v) is 5.16. The van der Waals surface area contributed by atoms with Gasteiger partial charge in [0.2, 0.25) is 0 Å². The first-order chi connectivity index (χ1) is 12.0. The summed E-state index contributed by atoms with van der Waals surface area (Å²) >= 11 is 0. The summed E-state index contributed by atoms with van der Waals surface area (Å²) in [5, 5.41) is 21.2. The Labute approximate surface area is 150 Å². The maximum absolute atomic E-state index is 9.31. The minimum Gasteiger partial charge on any atom is -0.497 e. The van der Waals surface area contributed by atoms with E-state index in [4.69, 9.17) is 9.84 Å². The average molecular weight is 343 g/mol. The zero-order valence-corrected chi connectivity index (χ0v) is 15.2. The van der Waals surface area contributed by atoms with Crippen molar-refractivity contribution in [3.8, 4) is 0 Å². The molecule has 2 aliphatic rings. The summed E-state index contributed by atoms with van der Waals surface area (Å²) in [6, 6.07) is 8.74. The molecule has 0 aliphatic heterocycles. The van der Waals surface area contributed by atoms with Crippen molar-refractivity contribution in [1.29, 1.82) is 0 Å². The molecule has 0 spiro atoms. The van der Waals surface area contributed by atoms with Crippen LogP contribution in [0.5, 0.6) is 0 Å². The van der Waals surface area contributed by atoms with Gasteiger partial charge in [0.25, 0.3) is 0 Å². The molecule has 0 radical (unpaired) electrons. The molecule has 3 N–H and O–H groups in total. The van der Waals surface area contributed by atoms with E-state index in [1.165, 1.54) is 16.7 Å². The molecule has 2 aliphatic carbocycles. The van der Waals surface area contributed by atoms with Crippen molar-refractivity contribution in [3.63, 3.8) is 0 Å². The minimum atomic E-state index is -0.706. The lowest BCUT2D eigenvalue weighted by atomic mass is 9.69. The molecule has 0 saturated carbocycles. The van der Waals surface area contributed by atoms with Gasteiger partial charge in [-0.1, -0.05) is 49.3 Å². The standard InChI is InChI=1S/C21H29NO3/c1-21(2)12-19(25-8-7-22-13-18(24)14-23)10-17-9-15-5-3-4-6-16(15)11-20(17)21/h3-6,12,18,22-24H,7-11,13-14H2,1-2H3/t18-/m1/s1. The predicted molar refractivity (Wildman–Crippen MR) is 99.3 cm³/mol. The van der Waals surface area contributed by atoms with Crippen molar-refractivity contribution in [1.82, 2.24) is 5.32 Å². The third-order valence-electron chi connectivity index (χ3n) is 5.16. The quantitative estimate of drug-likeness (QED) is 0.525. The van der Waals surface area contributed by atoms with Gasteiger partial charge in [-0.25, -0.2) is 0 Å². The number of aliphatic hydroxyl groups is 2. The first-order valence-corrected chi connectivity index (χ1v) is 9.12. The van der Waals surface area contributed by atoms with Crippen molar-refractivity contribution in [3.05, 3.63) is 58.4 Å². The molecule has 1 atom stereocenters. The van der Waals surface area contributed by atoms with Gasteiger partial charge in [-0.15, -0.1) is 0 Å². The summed E-state index contributed by atoms with van der Waals surface area (Å²) in [4.78, 5) is 0. The Bertz CT molecular complexity index is 675. The van der Waals surface area contributed by atoms with E-state index in [9.17, 15) is 5.11 Å². The predicted octanol–water partition coefficient (Wildman–Crippen LogP) is 2.36. The lowest BCUT2D eigenvalue weighted by Gasteiger charge is -2.37. The molecular weight excluding hydrogens is 314 g/mol. The van der Waals surface area contributed by atoms with Gasteiger partial charge in [-0.05, 0) is 30.0 Å². The second-order valence-corrected chi connectivity index (χ2v) is 7.60. The van der Waals surface area contributed by atoms with E-state index < -0.39 is 6.10 Å². The molecule has 25 heavy (non-hydrogen) atoms. The second-order valence-electron chi connectivity index (χ2n) is 7.60. The number of hydrogen-bond donors (Lipinski definition) is 3. The SMILES string of the molecule is CC1(C)C=C(OCCNC[C@@H](O)CO)CC2=C1Cc1ccccc1C2. The Morgan fingerprint density at radius 3 is 2.60 bits per heavy atom. The molecule has 0 fully saturated rings. The van der Waals surface area contributed by atoms with Crippen LogP contribution in [0.15, 0.2) is 47.2 Å². The van der Waals surface area contributed by atoms with Gasteiger partial charge in [0.1, 0.15) is 6.61 Å². The van der Waals surface area contributed by atoms with Gasteiger partial charge in [0, 0.05) is 24.9 Å². The van der Waals surface area contributed by atoms with Gasteiger partial charge >= 0.3 is 0 Å². The van der Waals surface area contributed by atoms with Crippen LogP contribution in [0.4, 0.5) is 0 Å². The highest BCUT2D eigenvalue weighted by atomic mass is 16.5. The highest BCUT2D eigenvalue weighted by Gasteiger charge is 2.32. The fraction of sp³-hybridized carbons (Fsp3) is 0.524. The van der Waals surface area contributed by atoms with Crippen LogP contribution < -0.4 is 5.32 Å². The van der Waals surface area contributed by atoms with Crippen LogP contribution in [0, 0.1) is 5.41 Å². The summed E-state index contributed by atoms with van der Waals surface area (Å²) in [5.41, 5.74) is 5.97. The Hall–Kier alpha value is -1.62. The molecule has 0 saturated heterocycles. The minimum absolute atomic E-state index is 0.0248. The maximum atomic E-state index is 9.31. The number of ether oxygens (including phenoxy) is 1. The van der Waals surface area contributed by atoms with Crippen LogP contribution in [0.1, 0.15) is 31.4 Å². The molecule has 1 aromatic carbocycles. The van der Waals surface area contributed by atoms with Crippen molar-refractivity contribution in [2.24, 2.45) is 5.41 Å². The molecule has 3 rings (SSSR count). The number of hydrogen-bond acceptors (Lipinski definition) is 4. The monoisotopic (exact) mass is 343 g/mol. The van der Waals surface area contributed by atoms with Crippen LogP contribution in [-0.2, 0) is 17.6 Å². The van der Waals surface area contributed by atoms with E-state index >= 15 is 0 Å². The van der Waals surface area contributed by atoms with E-state index in [2.05, 4.69) is 49.5 Å². The van der Waals surface area contributed by atoms with Crippen LogP contribution in [0.3, 0.4) is 0 Å². The smallest absolute Gasteiger partial charge is 0.100 e. The summed E-state index contributed by atoms with van der Waals surface area (Å²) in [5.74, 6) is 1.05. The van der Waals surface area contributed by atoms with Crippen LogP contribution in [0.2, 0.25) is 0 Å².